The number of sulfone groups is 1. The number of nitrogens with one attached hydrogen (secondary N) is 2. The number of rotatable bonds is 11. The standard InChI is InChI=1S/C20H25FN2O5S3/c1-29-12-11-18(23-31(27,28)19-6-4-3-5-17(19)21)20(24)22-13-15-7-9-16(10-8-15)14-30(2,25)26/h3-10,18,23H,11-14H2,1-2H3,(H,22,24). The van der Waals surface area contributed by atoms with Crippen LogP contribution < -0.4 is 10.0 Å². The Hall–Kier alpha value is -1.95. The van der Waals surface area contributed by atoms with Crippen LogP contribution in [0.5, 0.6) is 0 Å². The van der Waals surface area contributed by atoms with E-state index in [1.54, 1.807) is 24.3 Å². The number of amides is 1. The van der Waals surface area contributed by atoms with Gasteiger partial charge in [0.05, 0.1) is 5.75 Å². The third-order valence-electron chi connectivity index (χ3n) is 4.27. The van der Waals surface area contributed by atoms with Crippen LogP contribution in [0.4, 0.5) is 4.39 Å². The highest BCUT2D eigenvalue weighted by Crippen LogP contribution is 2.15. The zero-order valence-corrected chi connectivity index (χ0v) is 19.6. The molecule has 2 aromatic carbocycles. The minimum absolute atomic E-state index is 0.0752. The molecule has 0 aromatic heterocycles. The van der Waals surface area contributed by atoms with Gasteiger partial charge in [0.1, 0.15) is 16.8 Å². The van der Waals surface area contributed by atoms with E-state index in [2.05, 4.69) is 10.0 Å². The van der Waals surface area contributed by atoms with Gasteiger partial charge in [-0.3, -0.25) is 4.79 Å². The predicted molar refractivity (Wildman–Crippen MR) is 120 cm³/mol. The normalized spacial score (nSPS) is 13.0. The van der Waals surface area contributed by atoms with E-state index in [1.807, 2.05) is 6.26 Å². The number of halogens is 1. The second kappa shape index (κ2) is 11.1. The largest absolute Gasteiger partial charge is 0.351 e. The van der Waals surface area contributed by atoms with Crippen molar-refractivity contribution in [3.8, 4) is 0 Å². The van der Waals surface area contributed by atoms with Crippen molar-refractivity contribution in [1.82, 2.24) is 10.0 Å². The highest BCUT2D eigenvalue weighted by molar-refractivity contribution is 7.98. The Morgan fingerprint density at radius 1 is 1.03 bits per heavy atom. The molecule has 7 nitrogen and oxygen atoms in total. The molecule has 2 N–H and O–H groups in total. The van der Waals surface area contributed by atoms with Crippen LogP contribution in [0.2, 0.25) is 0 Å². The zero-order valence-electron chi connectivity index (χ0n) is 17.2. The smallest absolute Gasteiger partial charge is 0.244 e. The molecule has 1 atom stereocenters. The van der Waals surface area contributed by atoms with Crippen molar-refractivity contribution in [2.45, 2.75) is 29.7 Å². The summed E-state index contributed by atoms with van der Waals surface area (Å²) in [6.45, 7) is 0.134. The van der Waals surface area contributed by atoms with Gasteiger partial charge in [-0.15, -0.1) is 0 Å². The van der Waals surface area contributed by atoms with Gasteiger partial charge in [-0.05, 0) is 41.7 Å². The first-order valence-electron chi connectivity index (χ1n) is 9.31. The maximum absolute atomic E-state index is 13.9. The maximum atomic E-state index is 13.9. The quantitative estimate of drug-likeness (QED) is 0.501. The molecule has 0 radical (unpaired) electrons. The summed E-state index contributed by atoms with van der Waals surface area (Å²) < 4.78 is 64.1. The van der Waals surface area contributed by atoms with Crippen molar-refractivity contribution < 1.29 is 26.0 Å². The van der Waals surface area contributed by atoms with Crippen LogP contribution in [0.25, 0.3) is 0 Å². The van der Waals surface area contributed by atoms with Crippen LogP contribution in [0, 0.1) is 5.82 Å². The van der Waals surface area contributed by atoms with E-state index in [0.29, 0.717) is 11.3 Å². The fourth-order valence-electron chi connectivity index (χ4n) is 2.76. The van der Waals surface area contributed by atoms with E-state index in [1.165, 1.54) is 23.9 Å². The molecular weight excluding hydrogens is 463 g/mol. The Balaban J connectivity index is 2.07. The molecule has 0 aliphatic heterocycles. The predicted octanol–water partition coefficient (Wildman–Crippen LogP) is 2.09. The van der Waals surface area contributed by atoms with E-state index in [0.717, 1.165) is 24.0 Å². The minimum Gasteiger partial charge on any atom is -0.351 e. The highest BCUT2D eigenvalue weighted by Gasteiger charge is 2.27. The average molecular weight is 489 g/mol. The van der Waals surface area contributed by atoms with Crippen LogP contribution in [0.15, 0.2) is 53.4 Å². The van der Waals surface area contributed by atoms with Crippen molar-refractivity contribution in [3.05, 3.63) is 65.5 Å². The van der Waals surface area contributed by atoms with Crippen LogP contribution in [-0.4, -0.2) is 47.0 Å². The minimum atomic E-state index is -4.22. The summed E-state index contributed by atoms with van der Waals surface area (Å²) in [5, 5.41) is 2.68. The van der Waals surface area contributed by atoms with Crippen molar-refractivity contribution >= 4 is 37.5 Å². The summed E-state index contributed by atoms with van der Waals surface area (Å²) in [5.41, 5.74) is 1.36. The molecule has 0 aliphatic rings. The molecule has 1 unspecified atom stereocenters. The number of carbonyl (C=O) groups is 1. The summed E-state index contributed by atoms with van der Waals surface area (Å²) in [7, 11) is -7.37. The lowest BCUT2D eigenvalue weighted by Gasteiger charge is -2.18. The number of hydrogen-bond acceptors (Lipinski definition) is 6. The summed E-state index contributed by atoms with van der Waals surface area (Å²) in [4.78, 5) is 12.1. The second-order valence-corrected chi connectivity index (χ2v) is 11.8. The van der Waals surface area contributed by atoms with E-state index >= 15 is 0 Å². The van der Waals surface area contributed by atoms with Gasteiger partial charge in [0.25, 0.3) is 0 Å². The average Bonchev–Trinajstić information content (AvgIpc) is 2.69. The second-order valence-electron chi connectivity index (χ2n) is 6.99. The van der Waals surface area contributed by atoms with Crippen LogP contribution in [0.1, 0.15) is 17.5 Å². The Morgan fingerprint density at radius 2 is 1.65 bits per heavy atom. The molecule has 0 heterocycles. The molecule has 0 spiro atoms. The molecule has 0 saturated heterocycles. The van der Waals surface area contributed by atoms with Gasteiger partial charge in [-0.25, -0.2) is 21.2 Å². The number of carbonyl (C=O) groups excluding carboxylic acids is 1. The molecule has 2 aromatic rings. The van der Waals surface area contributed by atoms with Crippen molar-refractivity contribution in [2.75, 3.05) is 18.3 Å². The first-order chi connectivity index (χ1) is 14.5. The molecule has 31 heavy (non-hydrogen) atoms. The number of hydrogen-bond donors (Lipinski definition) is 2. The van der Waals surface area contributed by atoms with Gasteiger partial charge >= 0.3 is 0 Å². The number of thioether (sulfide) groups is 1. The fourth-order valence-corrected chi connectivity index (χ4v) is 5.34. The van der Waals surface area contributed by atoms with Crippen molar-refractivity contribution in [1.29, 1.82) is 0 Å². The third kappa shape index (κ3) is 8.24. The molecule has 0 saturated carbocycles. The molecule has 1 amide bonds. The molecule has 11 heteroatoms. The lowest BCUT2D eigenvalue weighted by molar-refractivity contribution is -0.122. The molecule has 0 fully saturated rings. The number of benzene rings is 2. The molecule has 0 bridgehead atoms. The Labute approximate surface area is 186 Å². The fraction of sp³-hybridized carbons (Fsp3) is 0.350. The van der Waals surface area contributed by atoms with E-state index in [9.17, 15) is 26.0 Å². The van der Waals surface area contributed by atoms with E-state index in [-0.39, 0.29) is 18.7 Å². The third-order valence-corrected chi connectivity index (χ3v) is 7.28. The first-order valence-corrected chi connectivity index (χ1v) is 14.2. The molecule has 170 valence electrons. The first kappa shape index (κ1) is 25.3. The molecule has 2 rings (SSSR count). The summed E-state index contributed by atoms with van der Waals surface area (Å²) in [5.74, 6) is -0.978. The number of sulfonamides is 1. The van der Waals surface area contributed by atoms with Crippen molar-refractivity contribution in [3.63, 3.8) is 0 Å². The van der Waals surface area contributed by atoms with Crippen LogP contribution in [-0.2, 0) is 37.0 Å². The van der Waals surface area contributed by atoms with Crippen molar-refractivity contribution in [2.24, 2.45) is 0 Å². The Bertz CT molecular complexity index is 1100. The Morgan fingerprint density at radius 3 is 2.23 bits per heavy atom. The van der Waals surface area contributed by atoms with Gasteiger partial charge in [-0.2, -0.15) is 16.5 Å². The summed E-state index contributed by atoms with van der Waals surface area (Å²) >= 11 is 1.45. The topological polar surface area (TPSA) is 109 Å². The zero-order chi connectivity index (χ0) is 23.1. The summed E-state index contributed by atoms with van der Waals surface area (Å²) in [6.07, 6.45) is 3.21. The Kier molecular flexibility index (Phi) is 9.04. The van der Waals surface area contributed by atoms with Gasteiger partial charge in [0, 0.05) is 12.8 Å². The van der Waals surface area contributed by atoms with Gasteiger partial charge in [0.2, 0.25) is 15.9 Å². The van der Waals surface area contributed by atoms with Gasteiger partial charge < -0.3 is 5.32 Å². The molecule has 0 aliphatic carbocycles. The van der Waals surface area contributed by atoms with E-state index in [4.69, 9.17) is 0 Å². The van der Waals surface area contributed by atoms with Crippen LogP contribution in [0.3, 0.4) is 0 Å². The van der Waals surface area contributed by atoms with Gasteiger partial charge in [0.15, 0.2) is 9.84 Å². The van der Waals surface area contributed by atoms with Gasteiger partial charge in [-0.1, -0.05) is 36.4 Å². The lowest BCUT2D eigenvalue weighted by atomic mass is 10.1. The van der Waals surface area contributed by atoms with Crippen LogP contribution >= 0.6 is 11.8 Å². The summed E-state index contributed by atoms with van der Waals surface area (Å²) in [6, 6.07) is 10.6. The SMILES string of the molecule is CSCCC(NS(=O)(=O)c1ccccc1F)C(=O)NCc1ccc(CS(C)(=O)=O)cc1. The molecular formula is C20H25FN2O5S3. The lowest BCUT2D eigenvalue weighted by Crippen LogP contribution is -2.46. The van der Waals surface area contributed by atoms with E-state index < -0.39 is 42.5 Å². The maximum Gasteiger partial charge on any atom is 0.244 e. The monoisotopic (exact) mass is 488 g/mol. The highest BCUT2D eigenvalue weighted by atomic mass is 32.2.